The fraction of sp³-hybridized carbons (Fsp3) is 0.280. The summed E-state index contributed by atoms with van der Waals surface area (Å²) < 4.78 is 1.84. The number of fused-ring (bicyclic) bond motifs is 1. The molecule has 1 amide bonds. The van der Waals surface area contributed by atoms with Crippen molar-refractivity contribution in [1.82, 2.24) is 30.0 Å². The lowest BCUT2D eigenvalue weighted by Crippen LogP contribution is -2.24. The molecule has 5 rings (SSSR count). The zero-order valence-corrected chi connectivity index (χ0v) is 18.9. The van der Waals surface area contributed by atoms with Gasteiger partial charge in [-0.05, 0) is 42.7 Å². The summed E-state index contributed by atoms with van der Waals surface area (Å²) in [4.78, 5) is 35.6. The molecule has 3 aromatic heterocycles. The molecule has 1 saturated carbocycles. The minimum absolute atomic E-state index is 0.0737. The van der Waals surface area contributed by atoms with Crippen LogP contribution in [0.4, 0.5) is 11.5 Å². The average Bonchev–Trinajstić information content (AvgIpc) is 3.27. The monoisotopic (exact) mass is 468 g/mol. The van der Waals surface area contributed by atoms with Crippen molar-refractivity contribution in [3.63, 3.8) is 0 Å². The van der Waals surface area contributed by atoms with Crippen LogP contribution in [-0.2, 0) is 6.54 Å². The van der Waals surface area contributed by atoms with Crippen LogP contribution in [0.15, 0.2) is 59.8 Å². The maximum absolute atomic E-state index is 12.7. The van der Waals surface area contributed by atoms with Gasteiger partial charge in [0.25, 0.3) is 11.5 Å². The molecule has 1 aliphatic rings. The van der Waals surface area contributed by atoms with E-state index in [0.29, 0.717) is 16.7 Å². The Morgan fingerprint density at radius 3 is 2.83 bits per heavy atom. The highest BCUT2D eigenvalue weighted by Crippen LogP contribution is 2.36. The predicted molar refractivity (Wildman–Crippen MR) is 130 cm³/mol. The molecule has 4 aromatic rings. The molecule has 3 heterocycles. The summed E-state index contributed by atoms with van der Waals surface area (Å²) in [5, 5.41) is 21.0. The van der Waals surface area contributed by atoms with Crippen LogP contribution in [0.1, 0.15) is 47.9 Å². The molecule has 0 saturated heterocycles. The molecule has 0 radical (unpaired) electrons. The van der Waals surface area contributed by atoms with Crippen molar-refractivity contribution in [3.05, 3.63) is 76.7 Å². The highest BCUT2D eigenvalue weighted by molar-refractivity contribution is 5.91. The standard InChI is InChI=1S/C25H24N8O2/c26-14-17-6-1-2-8-19(17)33-20-9-12-29-24(34)21(20)22(32-33)31-18-7-3-5-16(13-18)15-30-25(35)23-27-10-4-11-28-23/h3-5,7,9-13,17,19H,1-2,6,8,15H2,(H,29,34)(H,30,35)(H,31,32)/t17-,19+/m0/s1. The first kappa shape index (κ1) is 22.3. The van der Waals surface area contributed by atoms with Gasteiger partial charge in [0.1, 0.15) is 5.39 Å². The molecule has 10 nitrogen and oxygen atoms in total. The van der Waals surface area contributed by atoms with Crippen molar-refractivity contribution in [2.75, 3.05) is 5.32 Å². The third-order valence-electron chi connectivity index (χ3n) is 6.25. The van der Waals surface area contributed by atoms with E-state index in [-0.39, 0.29) is 35.8 Å². The number of carbonyl (C=O) groups is 1. The van der Waals surface area contributed by atoms with Crippen LogP contribution < -0.4 is 16.2 Å². The Kier molecular flexibility index (Phi) is 6.22. The van der Waals surface area contributed by atoms with Crippen molar-refractivity contribution in [1.29, 1.82) is 5.26 Å². The van der Waals surface area contributed by atoms with E-state index in [1.165, 1.54) is 12.4 Å². The van der Waals surface area contributed by atoms with E-state index in [9.17, 15) is 14.9 Å². The zero-order chi connectivity index (χ0) is 24.2. The highest BCUT2D eigenvalue weighted by Gasteiger charge is 2.29. The molecular formula is C25H24N8O2. The number of anilines is 2. The first-order valence-corrected chi connectivity index (χ1v) is 11.5. The van der Waals surface area contributed by atoms with Crippen LogP contribution in [0.2, 0.25) is 0 Å². The van der Waals surface area contributed by atoms with Gasteiger partial charge in [-0.1, -0.05) is 25.0 Å². The van der Waals surface area contributed by atoms with Gasteiger partial charge in [-0.25, -0.2) is 9.97 Å². The van der Waals surface area contributed by atoms with Crippen molar-refractivity contribution in [2.45, 2.75) is 38.3 Å². The first-order valence-electron chi connectivity index (χ1n) is 11.5. The van der Waals surface area contributed by atoms with E-state index in [0.717, 1.165) is 36.9 Å². The van der Waals surface area contributed by atoms with Crippen LogP contribution in [0.25, 0.3) is 10.9 Å². The normalized spacial score (nSPS) is 17.6. The van der Waals surface area contributed by atoms with E-state index in [1.54, 1.807) is 12.3 Å². The third kappa shape index (κ3) is 4.61. The lowest BCUT2D eigenvalue weighted by atomic mass is 9.85. The van der Waals surface area contributed by atoms with Crippen molar-refractivity contribution in [3.8, 4) is 6.07 Å². The average molecular weight is 469 g/mol. The van der Waals surface area contributed by atoms with Crippen LogP contribution in [0.3, 0.4) is 0 Å². The Bertz CT molecular complexity index is 1450. The van der Waals surface area contributed by atoms with E-state index >= 15 is 0 Å². The topological polar surface area (TPSA) is 141 Å². The molecule has 0 aliphatic heterocycles. The third-order valence-corrected chi connectivity index (χ3v) is 6.25. The number of hydrogen-bond donors (Lipinski definition) is 3. The SMILES string of the molecule is N#C[C@@H]1CCCC[C@H]1n1nc(Nc2cccc(CNC(=O)c3ncccn3)c2)c2c(=O)[nH]ccc21. The number of benzene rings is 1. The second kappa shape index (κ2) is 9.77. The maximum Gasteiger partial charge on any atom is 0.289 e. The molecule has 0 bridgehead atoms. The number of aromatic amines is 1. The summed E-state index contributed by atoms with van der Waals surface area (Å²) in [5.74, 6) is 0.0404. The Balaban J connectivity index is 1.40. The van der Waals surface area contributed by atoms with Gasteiger partial charge < -0.3 is 15.6 Å². The van der Waals surface area contributed by atoms with Crippen molar-refractivity contribution >= 4 is 28.3 Å². The summed E-state index contributed by atoms with van der Waals surface area (Å²) in [7, 11) is 0. The number of amides is 1. The van der Waals surface area contributed by atoms with Gasteiger partial charge in [-0.2, -0.15) is 10.4 Å². The van der Waals surface area contributed by atoms with Gasteiger partial charge in [0.15, 0.2) is 5.82 Å². The fourth-order valence-corrected chi connectivity index (χ4v) is 4.57. The molecular weight excluding hydrogens is 444 g/mol. The van der Waals surface area contributed by atoms with E-state index < -0.39 is 0 Å². The Labute approximate surface area is 201 Å². The van der Waals surface area contributed by atoms with Crippen LogP contribution >= 0.6 is 0 Å². The molecule has 2 atom stereocenters. The molecule has 176 valence electrons. The largest absolute Gasteiger partial charge is 0.345 e. The molecule has 1 fully saturated rings. The number of aromatic nitrogens is 5. The summed E-state index contributed by atoms with van der Waals surface area (Å²) in [6.45, 7) is 0.286. The molecule has 3 N–H and O–H groups in total. The van der Waals surface area contributed by atoms with Gasteiger partial charge in [-0.3, -0.25) is 14.3 Å². The number of nitriles is 1. The van der Waals surface area contributed by atoms with E-state index in [4.69, 9.17) is 5.10 Å². The predicted octanol–water partition coefficient (Wildman–Crippen LogP) is 3.44. The number of H-pyrrole nitrogens is 1. The van der Waals surface area contributed by atoms with Gasteiger partial charge in [0.05, 0.1) is 23.5 Å². The molecule has 0 unspecified atom stereocenters. The molecule has 0 spiro atoms. The van der Waals surface area contributed by atoms with Crippen molar-refractivity contribution < 1.29 is 4.79 Å². The molecule has 1 aromatic carbocycles. The summed E-state index contributed by atoms with van der Waals surface area (Å²) in [5.41, 5.74) is 2.04. The maximum atomic E-state index is 12.7. The number of nitrogens with zero attached hydrogens (tertiary/aromatic N) is 5. The van der Waals surface area contributed by atoms with Gasteiger partial charge in [0.2, 0.25) is 5.82 Å². The number of rotatable bonds is 6. The van der Waals surface area contributed by atoms with Crippen LogP contribution in [0, 0.1) is 17.2 Å². The Hall–Kier alpha value is -4.52. The van der Waals surface area contributed by atoms with E-state index in [1.807, 2.05) is 35.0 Å². The fourth-order valence-electron chi connectivity index (χ4n) is 4.57. The van der Waals surface area contributed by atoms with Crippen molar-refractivity contribution in [2.24, 2.45) is 5.92 Å². The first-order chi connectivity index (χ1) is 17.1. The lowest BCUT2D eigenvalue weighted by molar-refractivity contribution is 0.0940. The Morgan fingerprint density at radius 1 is 1.17 bits per heavy atom. The van der Waals surface area contributed by atoms with Crippen LogP contribution in [0.5, 0.6) is 0 Å². The van der Waals surface area contributed by atoms with Gasteiger partial charge in [-0.15, -0.1) is 0 Å². The summed E-state index contributed by atoms with van der Waals surface area (Å²) in [6.07, 6.45) is 8.37. The van der Waals surface area contributed by atoms with Gasteiger partial charge >= 0.3 is 0 Å². The smallest absolute Gasteiger partial charge is 0.289 e. The highest BCUT2D eigenvalue weighted by atomic mass is 16.2. The second-order valence-corrected chi connectivity index (χ2v) is 8.53. The quantitative estimate of drug-likeness (QED) is 0.393. The molecule has 35 heavy (non-hydrogen) atoms. The Morgan fingerprint density at radius 2 is 2.00 bits per heavy atom. The second-order valence-electron chi connectivity index (χ2n) is 8.53. The van der Waals surface area contributed by atoms with Crippen LogP contribution in [-0.4, -0.2) is 30.6 Å². The number of carbonyl (C=O) groups excluding carboxylic acids is 1. The summed E-state index contributed by atoms with van der Waals surface area (Å²) in [6, 6.07) is 13.3. The van der Waals surface area contributed by atoms with E-state index in [2.05, 4.69) is 31.7 Å². The lowest BCUT2D eigenvalue weighted by Gasteiger charge is -2.27. The number of nitrogens with one attached hydrogen (secondary N) is 3. The number of pyridine rings is 1. The minimum atomic E-state index is -0.361. The molecule has 1 aliphatic carbocycles. The minimum Gasteiger partial charge on any atom is -0.345 e. The van der Waals surface area contributed by atoms with Gasteiger partial charge in [0, 0.05) is 30.8 Å². The number of hydrogen-bond acceptors (Lipinski definition) is 7. The summed E-state index contributed by atoms with van der Waals surface area (Å²) >= 11 is 0. The molecule has 10 heteroatoms. The zero-order valence-electron chi connectivity index (χ0n) is 18.9.